The van der Waals surface area contributed by atoms with Gasteiger partial charge in [0.15, 0.2) is 0 Å². The van der Waals surface area contributed by atoms with Crippen LogP contribution in [0.25, 0.3) is 0 Å². The van der Waals surface area contributed by atoms with Gasteiger partial charge in [0.25, 0.3) is 0 Å². The third-order valence-corrected chi connectivity index (χ3v) is 4.46. The molecule has 0 spiro atoms. The number of nitrogens with one attached hydrogen (secondary N) is 1. The van der Waals surface area contributed by atoms with Crippen molar-refractivity contribution in [3.8, 4) is 0 Å². The Morgan fingerprint density at radius 2 is 1.94 bits per heavy atom. The molecule has 0 aromatic rings. The van der Waals surface area contributed by atoms with E-state index in [1.165, 1.54) is 38.5 Å². The second kappa shape index (κ2) is 6.02. The number of aliphatic hydroxyl groups is 1. The molecule has 0 amide bonds. The first-order valence-corrected chi connectivity index (χ1v) is 7.17. The summed E-state index contributed by atoms with van der Waals surface area (Å²) in [6.07, 6.45) is 10.2. The van der Waals surface area contributed by atoms with Crippen molar-refractivity contribution in [1.82, 2.24) is 5.32 Å². The molecule has 1 saturated carbocycles. The van der Waals surface area contributed by atoms with E-state index in [4.69, 9.17) is 0 Å². The molecular formula is C14H27NO. The Morgan fingerprint density at radius 1 is 1.19 bits per heavy atom. The Labute approximate surface area is 99.8 Å². The lowest BCUT2D eigenvalue weighted by molar-refractivity contribution is 0.0718. The Balaban J connectivity index is 1.75. The first kappa shape index (κ1) is 12.4. The fourth-order valence-electron chi connectivity index (χ4n) is 3.37. The number of piperidine rings is 1. The van der Waals surface area contributed by atoms with Gasteiger partial charge in [0.05, 0.1) is 6.10 Å². The van der Waals surface area contributed by atoms with Crippen LogP contribution >= 0.6 is 0 Å². The second-order valence-electron chi connectivity index (χ2n) is 6.00. The largest absolute Gasteiger partial charge is 0.391 e. The maximum Gasteiger partial charge on any atom is 0.0695 e. The van der Waals surface area contributed by atoms with Crippen molar-refractivity contribution >= 4 is 0 Å². The lowest BCUT2D eigenvalue weighted by atomic mass is 9.82. The summed E-state index contributed by atoms with van der Waals surface area (Å²) >= 11 is 0. The van der Waals surface area contributed by atoms with Crippen molar-refractivity contribution in [2.75, 3.05) is 6.54 Å². The minimum atomic E-state index is -0.106. The predicted octanol–water partition coefficient (Wildman–Crippen LogP) is 2.71. The summed E-state index contributed by atoms with van der Waals surface area (Å²) in [7, 11) is 0. The van der Waals surface area contributed by atoms with E-state index in [0.29, 0.717) is 6.04 Å². The van der Waals surface area contributed by atoms with Crippen molar-refractivity contribution in [3.63, 3.8) is 0 Å². The normalized spacial score (nSPS) is 34.9. The first-order chi connectivity index (χ1) is 7.75. The van der Waals surface area contributed by atoms with Crippen LogP contribution in [0.2, 0.25) is 0 Å². The SMILES string of the molecule is CC1CCNC(C(O)CC2CCCCC2)C1. The van der Waals surface area contributed by atoms with Gasteiger partial charge in [-0.15, -0.1) is 0 Å². The molecule has 2 nitrogen and oxygen atoms in total. The molecule has 3 unspecified atom stereocenters. The van der Waals surface area contributed by atoms with Gasteiger partial charge in [-0.1, -0.05) is 39.0 Å². The van der Waals surface area contributed by atoms with E-state index in [9.17, 15) is 5.11 Å². The maximum absolute atomic E-state index is 10.3. The molecule has 3 atom stereocenters. The van der Waals surface area contributed by atoms with Crippen LogP contribution in [0.1, 0.15) is 58.3 Å². The van der Waals surface area contributed by atoms with E-state index in [1.807, 2.05) is 0 Å². The van der Waals surface area contributed by atoms with E-state index in [-0.39, 0.29) is 6.10 Å². The molecule has 1 saturated heterocycles. The average molecular weight is 225 g/mol. The minimum absolute atomic E-state index is 0.106. The van der Waals surface area contributed by atoms with Crippen LogP contribution in [-0.2, 0) is 0 Å². The molecule has 0 radical (unpaired) electrons. The zero-order valence-electron chi connectivity index (χ0n) is 10.6. The highest BCUT2D eigenvalue weighted by molar-refractivity contribution is 4.84. The number of aliphatic hydroxyl groups excluding tert-OH is 1. The molecule has 0 aromatic carbocycles. The summed E-state index contributed by atoms with van der Waals surface area (Å²) in [4.78, 5) is 0. The standard InChI is InChI=1S/C14H27NO/c1-11-7-8-15-13(9-11)14(16)10-12-5-3-2-4-6-12/h11-16H,2-10H2,1H3. The van der Waals surface area contributed by atoms with E-state index in [1.54, 1.807) is 0 Å². The zero-order valence-corrected chi connectivity index (χ0v) is 10.6. The van der Waals surface area contributed by atoms with Crippen LogP contribution < -0.4 is 5.32 Å². The quantitative estimate of drug-likeness (QED) is 0.774. The summed E-state index contributed by atoms with van der Waals surface area (Å²) in [6, 6.07) is 0.366. The Kier molecular flexibility index (Phi) is 4.66. The molecule has 0 aromatic heterocycles. The number of hydrogen-bond donors (Lipinski definition) is 2. The summed E-state index contributed by atoms with van der Waals surface area (Å²) in [6.45, 7) is 3.40. The summed E-state index contributed by atoms with van der Waals surface area (Å²) in [5.74, 6) is 1.58. The molecule has 1 aliphatic heterocycles. The van der Waals surface area contributed by atoms with Crippen LogP contribution in [0, 0.1) is 11.8 Å². The molecule has 2 N–H and O–H groups in total. The van der Waals surface area contributed by atoms with Crippen LogP contribution in [0.15, 0.2) is 0 Å². The third-order valence-electron chi connectivity index (χ3n) is 4.46. The lowest BCUT2D eigenvalue weighted by Crippen LogP contribution is -2.46. The van der Waals surface area contributed by atoms with Gasteiger partial charge < -0.3 is 10.4 Å². The highest BCUT2D eigenvalue weighted by Gasteiger charge is 2.27. The van der Waals surface area contributed by atoms with Gasteiger partial charge >= 0.3 is 0 Å². The van der Waals surface area contributed by atoms with Crippen molar-refractivity contribution in [2.24, 2.45) is 11.8 Å². The molecule has 94 valence electrons. The summed E-state index contributed by atoms with van der Waals surface area (Å²) in [5, 5.41) is 13.8. The van der Waals surface area contributed by atoms with E-state index in [2.05, 4.69) is 12.2 Å². The van der Waals surface area contributed by atoms with E-state index in [0.717, 1.165) is 31.2 Å². The Hall–Kier alpha value is -0.0800. The molecule has 1 heterocycles. The zero-order chi connectivity index (χ0) is 11.4. The highest BCUT2D eigenvalue weighted by Crippen LogP contribution is 2.29. The van der Waals surface area contributed by atoms with Gasteiger partial charge in [0, 0.05) is 6.04 Å². The van der Waals surface area contributed by atoms with Gasteiger partial charge in [-0.25, -0.2) is 0 Å². The molecule has 1 aliphatic carbocycles. The topological polar surface area (TPSA) is 32.3 Å². The Morgan fingerprint density at radius 3 is 2.62 bits per heavy atom. The van der Waals surface area contributed by atoms with E-state index >= 15 is 0 Å². The smallest absolute Gasteiger partial charge is 0.0695 e. The summed E-state index contributed by atoms with van der Waals surface area (Å²) < 4.78 is 0. The molecule has 2 fully saturated rings. The average Bonchev–Trinajstić information content (AvgIpc) is 2.30. The van der Waals surface area contributed by atoms with Crippen LogP contribution in [-0.4, -0.2) is 23.8 Å². The maximum atomic E-state index is 10.3. The fourth-order valence-corrected chi connectivity index (χ4v) is 3.37. The number of hydrogen-bond acceptors (Lipinski definition) is 2. The lowest BCUT2D eigenvalue weighted by Gasteiger charge is -2.34. The Bertz CT molecular complexity index is 201. The fraction of sp³-hybridized carbons (Fsp3) is 1.00. The van der Waals surface area contributed by atoms with Crippen molar-refractivity contribution in [2.45, 2.75) is 70.4 Å². The molecule has 0 bridgehead atoms. The first-order valence-electron chi connectivity index (χ1n) is 7.17. The molecular weight excluding hydrogens is 198 g/mol. The molecule has 2 rings (SSSR count). The van der Waals surface area contributed by atoms with Gasteiger partial charge in [-0.3, -0.25) is 0 Å². The van der Waals surface area contributed by atoms with Gasteiger partial charge in [0.2, 0.25) is 0 Å². The van der Waals surface area contributed by atoms with Gasteiger partial charge in [0.1, 0.15) is 0 Å². The van der Waals surface area contributed by atoms with Crippen LogP contribution in [0.5, 0.6) is 0 Å². The molecule has 2 aliphatic rings. The van der Waals surface area contributed by atoms with Crippen LogP contribution in [0.3, 0.4) is 0 Å². The summed E-state index contributed by atoms with van der Waals surface area (Å²) in [5.41, 5.74) is 0. The minimum Gasteiger partial charge on any atom is -0.391 e. The molecule has 2 heteroatoms. The van der Waals surface area contributed by atoms with Crippen LogP contribution in [0.4, 0.5) is 0 Å². The van der Waals surface area contributed by atoms with Crippen molar-refractivity contribution in [3.05, 3.63) is 0 Å². The van der Waals surface area contributed by atoms with Crippen molar-refractivity contribution in [1.29, 1.82) is 0 Å². The van der Waals surface area contributed by atoms with E-state index < -0.39 is 0 Å². The highest BCUT2D eigenvalue weighted by atomic mass is 16.3. The number of rotatable bonds is 3. The second-order valence-corrected chi connectivity index (χ2v) is 6.00. The predicted molar refractivity (Wildman–Crippen MR) is 67.4 cm³/mol. The van der Waals surface area contributed by atoms with Gasteiger partial charge in [-0.2, -0.15) is 0 Å². The monoisotopic (exact) mass is 225 g/mol. The van der Waals surface area contributed by atoms with Crippen molar-refractivity contribution < 1.29 is 5.11 Å². The molecule has 16 heavy (non-hydrogen) atoms. The third kappa shape index (κ3) is 3.46. The van der Waals surface area contributed by atoms with Gasteiger partial charge in [-0.05, 0) is 37.6 Å².